The number of benzene rings is 1. The van der Waals surface area contributed by atoms with Crippen molar-refractivity contribution in [2.75, 3.05) is 51.6 Å². The van der Waals surface area contributed by atoms with Crippen LogP contribution in [0.5, 0.6) is 5.75 Å². The molecule has 30 heavy (non-hydrogen) atoms. The van der Waals surface area contributed by atoms with Crippen molar-refractivity contribution in [2.45, 2.75) is 0 Å². The van der Waals surface area contributed by atoms with Crippen molar-refractivity contribution in [3.05, 3.63) is 36.5 Å². The van der Waals surface area contributed by atoms with Crippen LogP contribution in [0, 0.1) is 0 Å². The highest BCUT2D eigenvalue weighted by atomic mass is 32.2. The molecule has 2 aromatic rings. The van der Waals surface area contributed by atoms with Gasteiger partial charge < -0.3 is 9.64 Å². The van der Waals surface area contributed by atoms with Gasteiger partial charge in [0.05, 0.1) is 11.4 Å². The Morgan fingerprint density at radius 3 is 2.57 bits per heavy atom. The van der Waals surface area contributed by atoms with Gasteiger partial charge in [-0.15, -0.1) is 0 Å². The number of hydrogen-bond acceptors (Lipinski definition) is 7. The topological polar surface area (TPSA) is 81.8 Å². The van der Waals surface area contributed by atoms with Crippen LogP contribution >= 0.6 is 24.0 Å². The number of thioether (sulfide) groups is 1. The van der Waals surface area contributed by atoms with E-state index in [0.29, 0.717) is 29.8 Å². The minimum atomic E-state index is -0.0771. The Kier molecular flexibility index (Phi) is 6.66. The number of aromatic nitrogens is 2. The smallest absolute Gasteiger partial charge is 0.242 e. The fraction of sp³-hybridized carbons (Fsp3) is 0.400. The van der Waals surface area contributed by atoms with Crippen molar-refractivity contribution < 1.29 is 14.3 Å². The van der Waals surface area contributed by atoms with Gasteiger partial charge in [-0.1, -0.05) is 24.0 Å². The van der Waals surface area contributed by atoms with Crippen molar-refractivity contribution >= 4 is 40.1 Å². The summed E-state index contributed by atoms with van der Waals surface area (Å²) in [5.41, 5.74) is 2.04. The Morgan fingerprint density at radius 1 is 1.17 bits per heavy atom. The molecule has 0 unspecified atom stereocenters. The molecule has 10 heteroatoms. The van der Waals surface area contributed by atoms with Gasteiger partial charge >= 0.3 is 0 Å². The van der Waals surface area contributed by atoms with Gasteiger partial charge in [0, 0.05) is 38.9 Å². The quantitative estimate of drug-likeness (QED) is 0.646. The number of piperazine rings is 1. The average Bonchev–Trinajstić information content (AvgIpc) is 3.41. The number of nitrogens with one attached hydrogen (secondary N) is 1. The molecule has 1 N–H and O–H groups in total. The summed E-state index contributed by atoms with van der Waals surface area (Å²) in [5.74, 6) is 1.05. The molecule has 2 fully saturated rings. The van der Waals surface area contributed by atoms with E-state index in [0.717, 1.165) is 36.6 Å². The Labute approximate surface area is 184 Å². The second-order valence-corrected chi connectivity index (χ2v) is 8.71. The van der Waals surface area contributed by atoms with E-state index in [2.05, 4.69) is 15.1 Å². The Hall–Kier alpha value is -2.43. The largest absolute Gasteiger partial charge is 0.492 e. The monoisotopic (exact) mass is 445 g/mol. The van der Waals surface area contributed by atoms with Crippen molar-refractivity contribution in [2.24, 2.45) is 0 Å². The maximum absolute atomic E-state index is 12.5. The molecule has 2 aliphatic heterocycles. The normalized spacial score (nSPS) is 17.6. The summed E-state index contributed by atoms with van der Waals surface area (Å²) in [6.07, 6.45) is 1.73. The summed E-state index contributed by atoms with van der Waals surface area (Å²) in [6, 6.07) is 9.84. The molecule has 0 spiro atoms. The van der Waals surface area contributed by atoms with Gasteiger partial charge in [0.1, 0.15) is 23.2 Å². The Morgan fingerprint density at radius 2 is 1.93 bits per heavy atom. The number of nitrogens with zero attached hydrogens (tertiary/aromatic N) is 4. The average molecular weight is 446 g/mol. The first-order chi connectivity index (χ1) is 14.6. The van der Waals surface area contributed by atoms with Crippen LogP contribution in [-0.4, -0.2) is 92.7 Å². The Bertz CT molecular complexity index is 880. The third-order valence-corrected chi connectivity index (χ3v) is 6.63. The van der Waals surface area contributed by atoms with E-state index < -0.39 is 0 Å². The zero-order valence-corrected chi connectivity index (χ0v) is 18.1. The van der Waals surface area contributed by atoms with Crippen molar-refractivity contribution in [1.82, 2.24) is 24.9 Å². The Balaban J connectivity index is 1.17. The van der Waals surface area contributed by atoms with E-state index in [1.165, 1.54) is 16.7 Å². The lowest BCUT2D eigenvalue weighted by molar-refractivity contribution is -0.137. The molecule has 8 nitrogen and oxygen atoms in total. The molecule has 0 radical (unpaired) electrons. The number of ether oxygens (including phenoxy) is 1. The standard InChI is InChI=1S/C20H23N5O3S2/c26-18(13-25-19(27)14-30-20(25)29)24-9-7-23(8-10-24)11-12-28-16-3-1-15(2-4-16)17-5-6-21-22-17/h1-6H,7-14H2,(H,21,22). The fourth-order valence-corrected chi connectivity index (χ4v) is 4.50. The first kappa shape index (κ1) is 20.8. The van der Waals surface area contributed by atoms with Crippen LogP contribution in [0.25, 0.3) is 11.3 Å². The van der Waals surface area contributed by atoms with Crippen molar-refractivity contribution in [1.29, 1.82) is 0 Å². The van der Waals surface area contributed by atoms with E-state index in [9.17, 15) is 9.59 Å². The molecule has 0 aliphatic carbocycles. The van der Waals surface area contributed by atoms with Crippen LogP contribution in [0.4, 0.5) is 0 Å². The van der Waals surface area contributed by atoms with Crippen LogP contribution in [0.1, 0.15) is 0 Å². The molecular formula is C20H23N5O3S2. The van der Waals surface area contributed by atoms with Crippen molar-refractivity contribution in [3.63, 3.8) is 0 Å². The number of H-pyrrole nitrogens is 1. The van der Waals surface area contributed by atoms with E-state index in [1.807, 2.05) is 35.2 Å². The lowest BCUT2D eigenvalue weighted by atomic mass is 10.1. The van der Waals surface area contributed by atoms with Gasteiger partial charge in [-0.2, -0.15) is 5.10 Å². The highest BCUT2D eigenvalue weighted by Crippen LogP contribution is 2.21. The molecule has 1 aromatic carbocycles. The zero-order valence-electron chi connectivity index (χ0n) is 16.5. The lowest BCUT2D eigenvalue weighted by Gasteiger charge is -2.35. The maximum atomic E-state index is 12.5. The number of amides is 2. The molecule has 0 atom stereocenters. The van der Waals surface area contributed by atoms with Crippen LogP contribution in [-0.2, 0) is 9.59 Å². The second-order valence-electron chi connectivity index (χ2n) is 7.10. The van der Waals surface area contributed by atoms with E-state index in [1.54, 1.807) is 6.20 Å². The van der Waals surface area contributed by atoms with Gasteiger partial charge in [0.2, 0.25) is 11.8 Å². The fourth-order valence-electron chi connectivity index (χ4n) is 3.43. The van der Waals surface area contributed by atoms with Crippen LogP contribution in [0.15, 0.2) is 36.5 Å². The van der Waals surface area contributed by atoms with Gasteiger partial charge in [-0.05, 0) is 35.9 Å². The van der Waals surface area contributed by atoms with Gasteiger partial charge in [0.25, 0.3) is 0 Å². The third kappa shape index (κ3) is 5.00. The number of carbonyl (C=O) groups is 2. The zero-order chi connectivity index (χ0) is 20.9. The highest BCUT2D eigenvalue weighted by Gasteiger charge is 2.30. The molecule has 2 aliphatic rings. The van der Waals surface area contributed by atoms with Gasteiger partial charge in [-0.3, -0.25) is 24.5 Å². The number of hydrogen-bond donors (Lipinski definition) is 1. The molecule has 2 saturated heterocycles. The lowest BCUT2D eigenvalue weighted by Crippen LogP contribution is -2.52. The minimum absolute atomic E-state index is 0.0403. The first-order valence-corrected chi connectivity index (χ1v) is 11.2. The third-order valence-electron chi connectivity index (χ3n) is 5.20. The predicted octanol–water partition coefficient (Wildman–Crippen LogP) is 1.46. The summed E-state index contributed by atoms with van der Waals surface area (Å²) in [5, 5.41) is 6.90. The number of rotatable bonds is 7. The summed E-state index contributed by atoms with van der Waals surface area (Å²) in [6.45, 7) is 4.34. The number of carbonyl (C=O) groups excluding carboxylic acids is 2. The predicted molar refractivity (Wildman–Crippen MR) is 119 cm³/mol. The SMILES string of the molecule is O=C(CN1C(=O)CSC1=S)N1CCN(CCOc2ccc(-c3ccn[nH]3)cc2)CC1. The minimum Gasteiger partial charge on any atom is -0.492 e. The summed E-state index contributed by atoms with van der Waals surface area (Å²) < 4.78 is 6.36. The van der Waals surface area contributed by atoms with E-state index in [4.69, 9.17) is 17.0 Å². The van der Waals surface area contributed by atoms with Gasteiger partial charge in [-0.25, -0.2) is 0 Å². The molecule has 2 amide bonds. The van der Waals surface area contributed by atoms with Gasteiger partial charge in [0.15, 0.2) is 0 Å². The number of aromatic amines is 1. The highest BCUT2D eigenvalue weighted by molar-refractivity contribution is 8.23. The summed E-state index contributed by atoms with van der Waals surface area (Å²) in [7, 11) is 0. The molecular weight excluding hydrogens is 422 g/mol. The maximum Gasteiger partial charge on any atom is 0.242 e. The molecule has 1 aromatic heterocycles. The van der Waals surface area contributed by atoms with E-state index in [-0.39, 0.29) is 18.4 Å². The number of thiocarbonyl (C=S) groups is 1. The summed E-state index contributed by atoms with van der Waals surface area (Å²) >= 11 is 6.46. The second kappa shape index (κ2) is 9.59. The van der Waals surface area contributed by atoms with E-state index >= 15 is 0 Å². The first-order valence-electron chi connectivity index (χ1n) is 9.80. The molecule has 0 saturated carbocycles. The van der Waals surface area contributed by atoms with Crippen LogP contribution in [0.2, 0.25) is 0 Å². The van der Waals surface area contributed by atoms with Crippen molar-refractivity contribution in [3.8, 4) is 17.0 Å². The molecule has 4 rings (SSSR count). The van der Waals surface area contributed by atoms with Crippen LogP contribution < -0.4 is 4.74 Å². The van der Waals surface area contributed by atoms with Crippen LogP contribution in [0.3, 0.4) is 0 Å². The molecule has 3 heterocycles. The molecule has 0 bridgehead atoms. The molecule has 158 valence electrons. The summed E-state index contributed by atoms with van der Waals surface area (Å²) in [4.78, 5) is 29.8.